The van der Waals surface area contributed by atoms with Crippen molar-refractivity contribution in [3.63, 3.8) is 0 Å². The molecule has 0 amide bonds. The van der Waals surface area contributed by atoms with E-state index in [9.17, 15) is 0 Å². The molecule has 1 rings (SSSR count). The van der Waals surface area contributed by atoms with E-state index < -0.39 is 4.07 Å². The summed E-state index contributed by atoms with van der Waals surface area (Å²) >= 11 is 23.9. The second-order valence-corrected chi connectivity index (χ2v) is 8.34. The lowest BCUT2D eigenvalue weighted by Gasteiger charge is -2.16. The maximum absolute atomic E-state index is 6.09. The fourth-order valence-corrected chi connectivity index (χ4v) is 3.40. The number of hydrogen-bond donors (Lipinski definition) is 0. The summed E-state index contributed by atoms with van der Waals surface area (Å²) in [5.74, 6) is 0. The minimum atomic E-state index is -0.828. The predicted molar refractivity (Wildman–Crippen MR) is 73.9 cm³/mol. The van der Waals surface area contributed by atoms with Crippen LogP contribution in [0.4, 0.5) is 0 Å². The van der Waals surface area contributed by atoms with Gasteiger partial charge in [0.15, 0.2) is 0 Å². The van der Waals surface area contributed by atoms with Crippen LogP contribution < -0.4 is 10.6 Å². The molecule has 0 aliphatic rings. The minimum Gasteiger partial charge on any atom is -0.104 e. The van der Waals surface area contributed by atoms with Crippen LogP contribution in [-0.2, 0) is 0 Å². The highest BCUT2D eigenvalue weighted by molar-refractivity contribution is 7.54. The van der Waals surface area contributed by atoms with Crippen molar-refractivity contribution in [2.45, 2.75) is 11.0 Å². The Hall–Kier alpha value is 1.24. The van der Waals surface area contributed by atoms with Gasteiger partial charge < -0.3 is 0 Å². The van der Waals surface area contributed by atoms with Crippen LogP contribution in [0.3, 0.4) is 0 Å². The number of hydrogen-bond acceptors (Lipinski definition) is 0. The molecule has 0 aromatic heterocycles. The lowest BCUT2D eigenvalue weighted by molar-refractivity contribution is 1.28. The van der Waals surface area contributed by atoms with Crippen LogP contribution in [0, 0.1) is 0 Å². The summed E-state index contributed by atoms with van der Waals surface area (Å²) in [6.45, 7) is 1.72. The topological polar surface area (TPSA) is 0 Å². The van der Waals surface area contributed by atoms with Crippen molar-refractivity contribution in [1.29, 1.82) is 0 Å². The van der Waals surface area contributed by atoms with Gasteiger partial charge in [-0.15, -0.1) is 9.24 Å². The molecule has 1 aromatic rings. The Labute approximate surface area is 108 Å². The number of alkyl halides is 2. The molecule has 0 aliphatic carbocycles. The van der Waals surface area contributed by atoms with Crippen molar-refractivity contribution in [2.75, 3.05) is 0 Å². The van der Waals surface area contributed by atoms with Gasteiger partial charge in [-0.3, -0.25) is 0 Å². The molecular weight excluding hydrogens is 300 g/mol. The van der Waals surface area contributed by atoms with E-state index in [-0.39, 0.29) is 8.58 Å². The van der Waals surface area contributed by atoms with Crippen LogP contribution in [0.1, 0.15) is 6.92 Å². The molecule has 0 nitrogen and oxygen atoms in total. The number of benzene rings is 1. The summed E-state index contributed by atoms with van der Waals surface area (Å²) in [6, 6.07) is 3.63. The quantitative estimate of drug-likeness (QED) is 0.573. The van der Waals surface area contributed by atoms with Crippen LogP contribution in [0.25, 0.3) is 0 Å². The average Bonchev–Trinajstić information content (AvgIpc) is 2.04. The number of halogens is 4. The first-order valence-corrected chi connectivity index (χ1v) is 6.79. The molecule has 0 aliphatic heterocycles. The lowest BCUT2D eigenvalue weighted by atomic mass is 10.3. The summed E-state index contributed by atoms with van der Waals surface area (Å²) in [4.78, 5) is 0. The summed E-state index contributed by atoms with van der Waals surface area (Å²) in [5.41, 5.74) is 0. The molecule has 78 valence electrons. The standard InChI is InChI=1S/C8H8Cl4P2/c1-8(11,12)14-7-4(9)2-3-5(13)6(7)10/h2-3,14H,13H2,1H3. The Bertz CT molecular complexity index is 346. The van der Waals surface area contributed by atoms with Crippen molar-refractivity contribution in [3.8, 4) is 0 Å². The molecule has 0 radical (unpaired) electrons. The van der Waals surface area contributed by atoms with Gasteiger partial charge in [0.1, 0.15) is 4.07 Å². The summed E-state index contributed by atoms with van der Waals surface area (Å²) in [5, 5.41) is 2.94. The fraction of sp³-hybridized carbons (Fsp3) is 0.250. The summed E-state index contributed by atoms with van der Waals surface area (Å²) in [6.07, 6.45) is 0. The van der Waals surface area contributed by atoms with Gasteiger partial charge in [-0.2, -0.15) is 0 Å². The predicted octanol–water partition coefficient (Wildman–Crippen LogP) is 3.95. The van der Waals surface area contributed by atoms with Crippen LogP contribution in [-0.4, -0.2) is 4.07 Å². The van der Waals surface area contributed by atoms with Crippen LogP contribution in [0.15, 0.2) is 12.1 Å². The maximum Gasteiger partial charge on any atom is 0.135 e. The molecule has 0 heterocycles. The molecular formula is C8H8Cl4P2. The van der Waals surface area contributed by atoms with Crippen LogP contribution in [0.2, 0.25) is 10.0 Å². The van der Waals surface area contributed by atoms with Gasteiger partial charge in [0.05, 0.1) is 5.02 Å². The zero-order valence-electron chi connectivity index (χ0n) is 7.24. The minimum absolute atomic E-state index is 0.162. The van der Waals surface area contributed by atoms with Crippen molar-refractivity contribution in [3.05, 3.63) is 22.2 Å². The van der Waals surface area contributed by atoms with Crippen molar-refractivity contribution in [1.82, 2.24) is 0 Å². The van der Waals surface area contributed by atoms with Crippen LogP contribution in [0.5, 0.6) is 0 Å². The first-order valence-electron chi connectivity index (χ1n) is 3.71. The zero-order valence-corrected chi connectivity index (χ0v) is 12.4. The molecule has 14 heavy (non-hydrogen) atoms. The largest absolute Gasteiger partial charge is 0.135 e. The highest BCUT2D eigenvalue weighted by Crippen LogP contribution is 2.41. The highest BCUT2D eigenvalue weighted by Gasteiger charge is 2.21. The number of rotatable bonds is 2. The monoisotopic (exact) mass is 306 g/mol. The Balaban J connectivity index is 3.13. The highest BCUT2D eigenvalue weighted by atomic mass is 35.5. The van der Waals surface area contributed by atoms with Crippen molar-refractivity contribution >= 4 is 74.8 Å². The molecule has 0 saturated carbocycles. The molecule has 6 heteroatoms. The molecule has 0 N–H and O–H groups in total. The van der Waals surface area contributed by atoms with E-state index in [0.717, 1.165) is 10.6 Å². The second-order valence-electron chi connectivity index (χ2n) is 2.84. The van der Waals surface area contributed by atoms with Gasteiger partial charge in [0, 0.05) is 10.3 Å². The lowest BCUT2D eigenvalue weighted by Crippen LogP contribution is -2.13. The SMILES string of the molecule is CC(Cl)(Cl)Pc1c(Cl)ccc(P)c1Cl. The van der Waals surface area contributed by atoms with E-state index in [4.69, 9.17) is 46.4 Å². The van der Waals surface area contributed by atoms with E-state index in [1.54, 1.807) is 13.0 Å². The van der Waals surface area contributed by atoms with Gasteiger partial charge in [0.25, 0.3) is 0 Å². The molecule has 0 spiro atoms. The molecule has 2 unspecified atom stereocenters. The molecule has 2 atom stereocenters. The first-order chi connectivity index (χ1) is 6.31. The smallest absolute Gasteiger partial charge is 0.104 e. The summed E-state index contributed by atoms with van der Waals surface area (Å²) < 4.78 is -0.828. The third-order valence-electron chi connectivity index (χ3n) is 1.47. The Morgan fingerprint density at radius 1 is 1.29 bits per heavy atom. The third kappa shape index (κ3) is 3.67. The zero-order chi connectivity index (χ0) is 10.9. The average molecular weight is 308 g/mol. The van der Waals surface area contributed by atoms with E-state index in [2.05, 4.69) is 9.24 Å². The Morgan fingerprint density at radius 3 is 2.36 bits per heavy atom. The molecule has 0 bridgehead atoms. The van der Waals surface area contributed by atoms with E-state index in [1.807, 2.05) is 6.07 Å². The third-order valence-corrected chi connectivity index (χ3v) is 4.94. The maximum atomic E-state index is 6.09. The second kappa shape index (κ2) is 5.05. The van der Waals surface area contributed by atoms with Crippen LogP contribution >= 0.6 is 64.2 Å². The van der Waals surface area contributed by atoms with Gasteiger partial charge >= 0.3 is 0 Å². The summed E-state index contributed by atoms with van der Waals surface area (Å²) in [7, 11) is 2.70. The van der Waals surface area contributed by atoms with Gasteiger partial charge in [0.2, 0.25) is 0 Å². The van der Waals surface area contributed by atoms with Crippen molar-refractivity contribution in [2.24, 2.45) is 0 Å². The van der Waals surface area contributed by atoms with E-state index in [0.29, 0.717) is 10.0 Å². The first kappa shape index (κ1) is 13.3. The Morgan fingerprint density at radius 2 is 1.86 bits per heavy atom. The molecule has 0 saturated heterocycles. The van der Waals surface area contributed by atoms with Gasteiger partial charge in [-0.25, -0.2) is 0 Å². The van der Waals surface area contributed by atoms with Gasteiger partial charge in [-0.05, 0) is 26.9 Å². The van der Waals surface area contributed by atoms with E-state index >= 15 is 0 Å². The van der Waals surface area contributed by atoms with Gasteiger partial charge in [-0.1, -0.05) is 52.5 Å². The van der Waals surface area contributed by atoms with Crippen molar-refractivity contribution < 1.29 is 0 Å². The Kier molecular flexibility index (Phi) is 4.80. The fourth-order valence-electron chi connectivity index (χ4n) is 0.903. The molecule has 0 fully saturated rings. The molecule has 1 aromatic carbocycles. The normalized spacial score (nSPS) is 12.7. The van der Waals surface area contributed by atoms with E-state index in [1.165, 1.54) is 0 Å².